The first-order valence-corrected chi connectivity index (χ1v) is 6.36. The molecule has 1 aliphatic rings. The Morgan fingerprint density at radius 1 is 1.50 bits per heavy atom. The molecule has 0 aromatic heterocycles. The van der Waals surface area contributed by atoms with Crippen molar-refractivity contribution in [2.75, 3.05) is 31.7 Å². The summed E-state index contributed by atoms with van der Waals surface area (Å²) in [4.78, 5) is 11.9. The van der Waals surface area contributed by atoms with Crippen molar-refractivity contribution in [1.82, 2.24) is 0 Å². The Morgan fingerprint density at radius 3 is 2.75 bits per heavy atom. The summed E-state index contributed by atoms with van der Waals surface area (Å²) in [5.41, 5.74) is -0.979. The smallest absolute Gasteiger partial charge is 0.292 e. The lowest BCUT2D eigenvalue weighted by Gasteiger charge is -2.36. The molecule has 2 rings (SSSR count). The molecule has 0 saturated carbocycles. The van der Waals surface area contributed by atoms with Gasteiger partial charge in [0.2, 0.25) is 0 Å². The first kappa shape index (κ1) is 14.7. The number of rotatable bonds is 4. The van der Waals surface area contributed by atoms with E-state index >= 15 is 0 Å². The quantitative estimate of drug-likeness (QED) is 0.673. The van der Waals surface area contributed by atoms with E-state index in [1.807, 2.05) is 0 Å². The fraction of sp³-hybridized carbons (Fsp3) is 0.538. The molecule has 20 heavy (non-hydrogen) atoms. The standard InChI is InChI=1S/C13H17FN2O4/c1-15(9-13(17)4-6-20-7-5-13)12-8-10(14)2-3-11(12)16(18)19/h2-3,8,17H,4-7,9H2,1H3. The van der Waals surface area contributed by atoms with Crippen LogP contribution >= 0.6 is 0 Å². The molecule has 1 saturated heterocycles. The Kier molecular flexibility index (Phi) is 4.20. The number of anilines is 1. The SMILES string of the molecule is CN(CC1(O)CCOCC1)c1cc(F)ccc1[N+](=O)[O-]. The summed E-state index contributed by atoms with van der Waals surface area (Å²) in [7, 11) is 1.61. The van der Waals surface area contributed by atoms with E-state index in [0.717, 1.165) is 18.2 Å². The minimum absolute atomic E-state index is 0.162. The van der Waals surface area contributed by atoms with Crippen molar-refractivity contribution >= 4 is 11.4 Å². The second kappa shape index (κ2) is 5.72. The largest absolute Gasteiger partial charge is 0.388 e. The molecule has 0 atom stereocenters. The zero-order valence-electron chi connectivity index (χ0n) is 11.2. The van der Waals surface area contributed by atoms with Crippen molar-refractivity contribution in [3.63, 3.8) is 0 Å². The summed E-state index contributed by atoms with van der Waals surface area (Å²) in [5, 5.41) is 21.4. The van der Waals surface area contributed by atoms with E-state index in [2.05, 4.69) is 0 Å². The summed E-state index contributed by atoms with van der Waals surface area (Å²) < 4.78 is 18.5. The van der Waals surface area contributed by atoms with E-state index in [4.69, 9.17) is 4.74 Å². The van der Waals surface area contributed by atoms with Crippen LogP contribution in [0.15, 0.2) is 18.2 Å². The summed E-state index contributed by atoms with van der Waals surface area (Å²) in [5.74, 6) is -0.545. The summed E-state index contributed by atoms with van der Waals surface area (Å²) in [6.07, 6.45) is 0.918. The number of nitro benzene ring substituents is 1. The van der Waals surface area contributed by atoms with Crippen LogP contribution in [0.5, 0.6) is 0 Å². The van der Waals surface area contributed by atoms with Crippen LogP contribution in [0.1, 0.15) is 12.8 Å². The van der Waals surface area contributed by atoms with Gasteiger partial charge >= 0.3 is 0 Å². The second-order valence-electron chi connectivity index (χ2n) is 5.08. The van der Waals surface area contributed by atoms with Crippen molar-refractivity contribution in [1.29, 1.82) is 0 Å². The molecule has 7 heteroatoms. The number of benzene rings is 1. The van der Waals surface area contributed by atoms with Gasteiger partial charge in [0.1, 0.15) is 11.5 Å². The van der Waals surface area contributed by atoms with Gasteiger partial charge in [-0.1, -0.05) is 0 Å². The van der Waals surface area contributed by atoms with E-state index in [9.17, 15) is 19.6 Å². The van der Waals surface area contributed by atoms with Gasteiger partial charge in [0, 0.05) is 51.8 Å². The van der Waals surface area contributed by atoms with Crippen molar-refractivity contribution in [2.24, 2.45) is 0 Å². The predicted octanol–water partition coefficient (Wildman–Crippen LogP) is 1.71. The Balaban J connectivity index is 2.21. The van der Waals surface area contributed by atoms with E-state index in [0.29, 0.717) is 26.1 Å². The van der Waals surface area contributed by atoms with Crippen molar-refractivity contribution in [3.8, 4) is 0 Å². The number of likely N-dealkylation sites (N-methyl/N-ethyl adjacent to an activating group) is 1. The zero-order chi connectivity index (χ0) is 14.8. The highest BCUT2D eigenvalue weighted by atomic mass is 19.1. The Hall–Kier alpha value is -1.73. The van der Waals surface area contributed by atoms with Crippen LogP contribution in [0.4, 0.5) is 15.8 Å². The maximum Gasteiger partial charge on any atom is 0.292 e. The summed E-state index contributed by atoms with van der Waals surface area (Å²) in [6.45, 7) is 1.10. The molecule has 0 radical (unpaired) electrons. The van der Waals surface area contributed by atoms with Gasteiger partial charge in [-0.15, -0.1) is 0 Å². The summed E-state index contributed by atoms with van der Waals surface area (Å²) in [6, 6.07) is 3.30. The number of ether oxygens (including phenoxy) is 1. The number of halogens is 1. The normalized spacial score (nSPS) is 17.8. The van der Waals surface area contributed by atoms with Crippen LogP contribution in [-0.2, 0) is 4.74 Å². The first-order valence-electron chi connectivity index (χ1n) is 6.36. The highest BCUT2D eigenvalue weighted by Crippen LogP contribution is 2.30. The zero-order valence-corrected chi connectivity index (χ0v) is 11.2. The third-order valence-electron chi connectivity index (χ3n) is 3.50. The van der Waals surface area contributed by atoms with Gasteiger partial charge in [0.15, 0.2) is 0 Å². The van der Waals surface area contributed by atoms with Gasteiger partial charge < -0.3 is 14.7 Å². The topological polar surface area (TPSA) is 75.8 Å². The van der Waals surface area contributed by atoms with Gasteiger partial charge in [0.25, 0.3) is 5.69 Å². The Bertz CT molecular complexity index is 503. The second-order valence-corrected chi connectivity index (χ2v) is 5.08. The van der Waals surface area contributed by atoms with Crippen LogP contribution in [0.3, 0.4) is 0 Å². The van der Waals surface area contributed by atoms with Crippen molar-refractivity contribution in [2.45, 2.75) is 18.4 Å². The van der Waals surface area contributed by atoms with E-state index in [-0.39, 0.29) is 17.9 Å². The van der Waals surface area contributed by atoms with Gasteiger partial charge in [0.05, 0.1) is 10.5 Å². The number of nitrogens with zero attached hydrogens (tertiary/aromatic N) is 2. The van der Waals surface area contributed by atoms with Gasteiger partial charge in [-0.25, -0.2) is 4.39 Å². The lowest BCUT2D eigenvalue weighted by Crippen LogP contribution is -2.45. The lowest BCUT2D eigenvalue weighted by molar-refractivity contribution is -0.384. The van der Waals surface area contributed by atoms with E-state index in [1.165, 1.54) is 4.90 Å². The maximum atomic E-state index is 13.3. The monoisotopic (exact) mass is 284 g/mol. The van der Waals surface area contributed by atoms with Gasteiger partial charge in [-0.2, -0.15) is 0 Å². The molecule has 1 fully saturated rings. The molecule has 6 nitrogen and oxygen atoms in total. The number of hydrogen-bond donors (Lipinski definition) is 1. The lowest BCUT2D eigenvalue weighted by atomic mass is 9.93. The van der Waals surface area contributed by atoms with E-state index < -0.39 is 16.3 Å². The predicted molar refractivity (Wildman–Crippen MR) is 71.3 cm³/mol. The maximum absolute atomic E-state index is 13.3. The molecule has 0 spiro atoms. The van der Waals surface area contributed by atoms with Crippen LogP contribution in [-0.4, -0.2) is 42.4 Å². The minimum Gasteiger partial charge on any atom is -0.388 e. The number of aliphatic hydroxyl groups is 1. The molecule has 1 N–H and O–H groups in total. The first-order chi connectivity index (χ1) is 9.41. The molecule has 0 bridgehead atoms. The van der Waals surface area contributed by atoms with Crippen LogP contribution < -0.4 is 4.90 Å². The molecule has 0 unspecified atom stereocenters. The fourth-order valence-electron chi connectivity index (χ4n) is 2.39. The summed E-state index contributed by atoms with van der Waals surface area (Å²) >= 11 is 0. The van der Waals surface area contributed by atoms with E-state index in [1.54, 1.807) is 7.05 Å². The van der Waals surface area contributed by atoms with Gasteiger partial charge in [-0.3, -0.25) is 10.1 Å². The van der Waals surface area contributed by atoms with Crippen LogP contribution in [0, 0.1) is 15.9 Å². The molecule has 1 heterocycles. The number of hydrogen-bond acceptors (Lipinski definition) is 5. The average molecular weight is 284 g/mol. The van der Waals surface area contributed by atoms with Crippen LogP contribution in [0.2, 0.25) is 0 Å². The Morgan fingerprint density at radius 2 is 2.15 bits per heavy atom. The third kappa shape index (κ3) is 3.23. The molecule has 0 aliphatic carbocycles. The van der Waals surface area contributed by atoms with Gasteiger partial charge in [-0.05, 0) is 6.07 Å². The highest BCUT2D eigenvalue weighted by molar-refractivity contribution is 5.63. The number of nitro groups is 1. The molecule has 1 aromatic rings. The van der Waals surface area contributed by atoms with Crippen molar-refractivity contribution in [3.05, 3.63) is 34.1 Å². The molecular formula is C13H17FN2O4. The fourth-order valence-corrected chi connectivity index (χ4v) is 2.39. The molecule has 0 amide bonds. The highest BCUT2D eigenvalue weighted by Gasteiger charge is 2.32. The molecular weight excluding hydrogens is 267 g/mol. The minimum atomic E-state index is -0.965. The molecule has 1 aromatic carbocycles. The molecule has 1 aliphatic heterocycles. The molecule has 110 valence electrons. The average Bonchev–Trinajstić information content (AvgIpc) is 2.38. The van der Waals surface area contributed by atoms with Crippen molar-refractivity contribution < 1.29 is 19.2 Å². The van der Waals surface area contributed by atoms with Crippen LogP contribution in [0.25, 0.3) is 0 Å². The Labute approximate surface area is 115 Å². The third-order valence-corrected chi connectivity index (χ3v) is 3.50.